The average Bonchev–Trinajstić information content (AvgIpc) is 3.33. The van der Waals surface area contributed by atoms with Gasteiger partial charge in [0.2, 0.25) is 0 Å². The van der Waals surface area contributed by atoms with E-state index in [1.165, 1.54) is 17.4 Å². The lowest BCUT2D eigenvalue weighted by Gasteiger charge is -1.96. The molecule has 0 aliphatic heterocycles. The van der Waals surface area contributed by atoms with Crippen LogP contribution in [0.25, 0.3) is 22.4 Å². The highest BCUT2D eigenvalue weighted by Crippen LogP contribution is 2.30. The summed E-state index contributed by atoms with van der Waals surface area (Å²) in [6.45, 7) is 0. The Hall–Kier alpha value is -3.46. The molecule has 8 nitrogen and oxygen atoms in total. The van der Waals surface area contributed by atoms with Crippen molar-refractivity contribution in [2.75, 3.05) is 5.32 Å². The van der Waals surface area contributed by atoms with E-state index in [2.05, 4.69) is 10.3 Å². The van der Waals surface area contributed by atoms with Gasteiger partial charge in [0, 0.05) is 10.8 Å². The van der Waals surface area contributed by atoms with Crippen molar-refractivity contribution < 1.29 is 18.6 Å². The van der Waals surface area contributed by atoms with Gasteiger partial charge in [0.1, 0.15) is 16.2 Å². The number of carbonyl (C=O) groups is 1. The molecule has 1 aromatic carbocycles. The van der Waals surface area contributed by atoms with Crippen LogP contribution < -0.4 is 5.32 Å². The van der Waals surface area contributed by atoms with Gasteiger partial charge in [-0.05, 0) is 18.2 Å². The maximum Gasteiger partial charge on any atom is 0.433 e. The van der Waals surface area contributed by atoms with Crippen molar-refractivity contribution in [2.45, 2.75) is 0 Å². The van der Waals surface area contributed by atoms with Crippen LogP contribution in [0, 0.1) is 10.1 Å². The van der Waals surface area contributed by atoms with E-state index in [4.69, 9.17) is 8.83 Å². The Bertz CT molecular complexity index is 1060. The molecule has 124 valence electrons. The molecule has 1 amide bonds. The zero-order chi connectivity index (χ0) is 17.4. The van der Waals surface area contributed by atoms with E-state index in [1.54, 1.807) is 5.38 Å². The molecule has 0 saturated carbocycles. The molecule has 1 N–H and O–H groups in total. The maximum absolute atomic E-state index is 12.1. The van der Waals surface area contributed by atoms with Crippen molar-refractivity contribution in [3.05, 3.63) is 63.7 Å². The van der Waals surface area contributed by atoms with E-state index in [0.717, 1.165) is 17.0 Å². The minimum Gasteiger partial charge on any atom is -0.454 e. The fourth-order valence-electron chi connectivity index (χ4n) is 2.26. The second-order valence-corrected chi connectivity index (χ2v) is 5.89. The van der Waals surface area contributed by atoms with Gasteiger partial charge >= 0.3 is 5.88 Å². The second-order valence-electron chi connectivity index (χ2n) is 5.04. The molecule has 0 fully saturated rings. The van der Waals surface area contributed by atoms with Crippen LogP contribution in [0.5, 0.6) is 0 Å². The number of fused-ring (bicyclic) bond motifs is 1. The van der Waals surface area contributed by atoms with Crippen molar-refractivity contribution >= 4 is 39.2 Å². The molecular formula is C16H9N3O5S. The lowest BCUT2D eigenvalue weighted by atomic mass is 10.2. The zero-order valence-corrected chi connectivity index (χ0v) is 13.3. The summed E-state index contributed by atoms with van der Waals surface area (Å²) in [6.07, 6.45) is 0. The molecule has 4 aromatic rings. The predicted octanol–water partition coefficient (Wildman–Crippen LogP) is 4.31. The van der Waals surface area contributed by atoms with Crippen LogP contribution >= 0.6 is 11.3 Å². The average molecular weight is 355 g/mol. The van der Waals surface area contributed by atoms with E-state index in [9.17, 15) is 14.9 Å². The van der Waals surface area contributed by atoms with Crippen LogP contribution in [0.15, 0.2) is 56.7 Å². The molecule has 0 aliphatic rings. The van der Waals surface area contributed by atoms with Gasteiger partial charge in [-0.2, -0.15) is 0 Å². The third kappa shape index (κ3) is 2.88. The summed E-state index contributed by atoms with van der Waals surface area (Å²) in [5.74, 6) is -0.676. The van der Waals surface area contributed by atoms with Gasteiger partial charge in [0.25, 0.3) is 5.91 Å². The number of aromatic nitrogens is 1. The molecule has 25 heavy (non-hydrogen) atoms. The minimum absolute atomic E-state index is 0.160. The standard InChI is InChI=1S/C16H9N3O5S/c20-15(12-5-6-14(24-12)19(21)22)18-16-17-10(8-25-16)13-7-9-3-1-2-4-11(9)23-13/h1-8H,(H,17,18,20). The van der Waals surface area contributed by atoms with Crippen LogP contribution in [0.2, 0.25) is 0 Å². The highest BCUT2D eigenvalue weighted by molar-refractivity contribution is 7.14. The highest BCUT2D eigenvalue weighted by Gasteiger charge is 2.19. The number of furan rings is 2. The van der Waals surface area contributed by atoms with Gasteiger partial charge < -0.3 is 8.83 Å². The molecule has 0 atom stereocenters. The molecule has 4 rings (SSSR count). The molecule has 0 unspecified atom stereocenters. The fraction of sp³-hybridized carbons (Fsp3) is 0. The third-order valence-corrected chi connectivity index (χ3v) is 4.16. The molecule has 0 saturated heterocycles. The van der Waals surface area contributed by atoms with Crippen LogP contribution in [-0.4, -0.2) is 15.8 Å². The van der Waals surface area contributed by atoms with E-state index >= 15 is 0 Å². The number of nitro groups is 1. The van der Waals surface area contributed by atoms with Crippen molar-refractivity contribution in [1.82, 2.24) is 4.98 Å². The van der Waals surface area contributed by atoms with Gasteiger partial charge in [-0.15, -0.1) is 11.3 Å². The number of hydrogen-bond donors (Lipinski definition) is 1. The zero-order valence-electron chi connectivity index (χ0n) is 12.5. The maximum atomic E-state index is 12.1. The third-order valence-electron chi connectivity index (χ3n) is 3.40. The summed E-state index contributed by atoms with van der Waals surface area (Å²) in [5, 5.41) is 16.2. The molecule has 3 heterocycles. The van der Waals surface area contributed by atoms with Crippen LogP contribution in [0.3, 0.4) is 0 Å². The van der Waals surface area contributed by atoms with Crippen molar-refractivity contribution in [3.8, 4) is 11.5 Å². The van der Waals surface area contributed by atoms with Gasteiger partial charge in [0.15, 0.2) is 16.7 Å². The minimum atomic E-state index is -0.708. The fourth-order valence-corrected chi connectivity index (χ4v) is 2.95. The largest absolute Gasteiger partial charge is 0.454 e. The van der Waals surface area contributed by atoms with E-state index in [0.29, 0.717) is 16.6 Å². The van der Waals surface area contributed by atoms with E-state index in [-0.39, 0.29) is 5.76 Å². The number of thiazole rings is 1. The van der Waals surface area contributed by atoms with E-state index in [1.807, 2.05) is 30.3 Å². The number of benzene rings is 1. The number of rotatable bonds is 4. The monoisotopic (exact) mass is 355 g/mol. The summed E-state index contributed by atoms with van der Waals surface area (Å²) < 4.78 is 10.6. The molecular weight excluding hydrogens is 346 g/mol. The van der Waals surface area contributed by atoms with Crippen LogP contribution in [-0.2, 0) is 0 Å². The Morgan fingerprint density at radius 3 is 2.80 bits per heavy atom. The number of carbonyl (C=O) groups excluding carboxylic acids is 1. The number of nitrogens with one attached hydrogen (secondary N) is 1. The SMILES string of the molecule is O=C(Nc1nc(-c2cc3ccccc3o2)cs1)c1ccc([N+](=O)[O-])o1. The Morgan fingerprint density at radius 2 is 2.04 bits per heavy atom. The Balaban J connectivity index is 1.54. The summed E-state index contributed by atoms with van der Waals surface area (Å²) in [6, 6.07) is 11.8. The van der Waals surface area contributed by atoms with Gasteiger partial charge in [0.05, 0.1) is 6.07 Å². The van der Waals surface area contributed by atoms with Crippen LogP contribution in [0.4, 0.5) is 11.0 Å². The normalized spacial score (nSPS) is 10.9. The Kier molecular flexibility index (Phi) is 3.55. The first-order valence-electron chi connectivity index (χ1n) is 7.10. The number of hydrogen-bond acceptors (Lipinski definition) is 7. The summed E-state index contributed by atoms with van der Waals surface area (Å²) in [5.41, 5.74) is 1.33. The Morgan fingerprint density at radius 1 is 1.20 bits per heavy atom. The molecule has 0 radical (unpaired) electrons. The van der Waals surface area contributed by atoms with Gasteiger partial charge in [-0.1, -0.05) is 18.2 Å². The highest BCUT2D eigenvalue weighted by atomic mass is 32.1. The topological polar surface area (TPSA) is 111 Å². The smallest absolute Gasteiger partial charge is 0.433 e. The van der Waals surface area contributed by atoms with Crippen molar-refractivity contribution in [2.24, 2.45) is 0 Å². The molecule has 0 aliphatic carbocycles. The predicted molar refractivity (Wildman–Crippen MR) is 90.6 cm³/mol. The molecule has 0 bridgehead atoms. The van der Waals surface area contributed by atoms with E-state index < -0.39 is 16.7 Å². The molecule has 9 heteroatoms. The molecule has 0 spiro atoms. The van der Waals surface area contributed by atoms with Gasteiger partial charge in [-0.25, -0.2) is 4.98 Å². The van der Waals surface area contributed by atoms with Gasteiger partial charge in [-0.3, -0.25) is 20.2 Å². The van der Waals surface area contributed by atoms with Crippen molar-refractivity contribution in [1.29, 1.82) is 0 Å². The first-order chi connectivity index (χ1) is 12.1. The number of nitrogens with zero attached hydrogens (tertiary/aromatic N) is 2. The lowest BCUT2D eigenvalue weighted by molar-refractivity contribution is -0.402. The summed E-state index contributed by atoms with van der Waals surface area (Å²) in [7, 11) is 0. The number of para-hydroxylation sites is 1. The second kappa shape index (κ2) is 5.87. The van der Waals surface area contributed by atoms with Crippen molar-refractivity contribution in [3.63, 3.8) is 0 Å². The number of amides is 1. The first kappa shape index (κ1) is 15.1. The first-order valence-corrected chi connectivity index (χ1v) is 7.98. The Labute approximate surface area is 143 Å². The quantitative estimate of drug-likeness (QED) is 0.431. The molecule has 3 aromatic heterocycles. The summed E-state index contributed by atoms with van der Waals surface area (Å²) in [4.78, 5) is 26.2. The van der Waals surface area contributed by atoms with Crippen LogP contribution in [0.1, 0.15) is 10.6 Å². The lowest BCUT2D eigenvalue weighted by Crippen LogP contribution is -2.10. The number of anilines is 1. The summed E-state index contributed by atoms with van der Waals surface area (Å²) >= 11 is 1.21.